The SMILES string of the molecule is Cc1cc2c(n1Cc1cccc(Br)c1)CCCC2N. The van der Waals surface area contributed by atoms with Crippen molar-refractivity contribution in [2.24, 2.45) is 5.73 Å². The summed E-state index contributed by atoms with van der Waals surface area (Å²) >= 11 is 3.54. The minimum Gasteiger partial charge on any atom is -0.344 e. The molecule has 1 aliphatic rings. The lowest BCUT2D eigenvalue weighted by Crippen LogP contribution is -2.18. The number of aryl methyl sites for hydroxylation is 1. The van der Waals surface area contributed by atoms with Crippen LogP contribution in [-0.2, 0) is 13.0 Å². The fraction of sp³-hybridized carbons (Fsp3) is 0.375. The van der Waals surface area contributed by atoms with E-state index in [1.807, 2.05) is 0 Å². The summed E-state index contributed by atoms with van der Waals surface area (Å²) in [5, 5.41) is 0. The van der Waals surface area contributed by atoms with Crippen LogP contribution in [0.5, 0.6) is 0 Å². The monoisotopic (exact) mass is 318 g/mol. The van der Waals surface area contributed by atoms with E-state index >= 15 is 0 Å². The Morgan fingerprint density at radius 1 is 1.37 bits per heavy atom. The lowest BCUT2D eigenvalue weighted by molar-refractivity contribution is 0.546. The molecule has 0 radical (unpaired) electrons. The van der Waals surface area contributed by atoms with Gasteiger partial charge < -0.3 is 10.3 Å². The molecule has 0 fully saturated rings. The summed E-state index contributed by atoms with van der Waals surface area (Å²) in [5.41, 5.74) is 11.7. The number of hydrogen-bond acceptors (Lipinski definition) is 1. The summed E-state index contributed by atoms with van der Waals surface area (Å²) in [5.74, 6) is 0. The first-order chi connectivity index (χ1) is 9.15. The molecule has 3 rings (SSSR count). The quantitative estimate of drug-likeness (QED) is 0.893. The van der Waals surface area contributed by atoms with E-state index in [2.05, 4.69) is 57.8 Å². The van der Waals surface area contributed by atoms with E-state index in [0.29, 0.717) is 0 Å². The standard InChI is InChI=1S/C16H19BrN2/c1-11-8-14-15(18)6-3-7-16(14)19(11)10-12-4-2-5-13(17)9-12/h2,4-5,8-9,15H,3,6-7,10,18H2,1H3. The molecule has 1 aromatic heterocycles. The van der Waals surface area contributed by atoms with Crippen molar-refractivity contribution in [3.8, 4) is 0 Å². The van der Waals surface area contributed by atoms with Crippen LogP contribution in [0, 0.1) is 6.92 Å². The third-order valence-corrected chi connectivity index (χ3v) is 4.50. The van der Waals surface area contributed by atoms with E-state index < -0.39 is 0 Å². The van der Waals surface area contributed by atoms with Gasteiger partial charge in [0.15, 0.2) is 0 Å². The average molecular weight is 319 g/mol. The topological polar surface area (TPSA) is 30.9 Å². The Kier molecular flexibility index (Phi) is 3.50. The van der Waals surface area contributed by atoms with E-state index in [1.165, 1.54) is 28.9 Å². The maximum Gasteiger partial charge on any atom is 0.0475 e. The van der Waals surface area contributed by atoms with Crippen molar-refractivity contribution < 1.29 is 0 Å². The van der Waals surface area contributed by atoms with Gasteiger partial charge in [0.1, 0.15) is 0 Å². The molecule has 3 heteroatoms. The lowest BCUT2D eigenvalue weighted by atomic mass is 9.93. The second-order valence-corrected chi connectivity index (χ2v) is 6.32. The largest absolute Gasteiger partial charge is 0.344 e. The van der Waals surface area contributed by atoms with E-state index in [0.717, 1.165) is 23.9 Å². The van der Waals surface area contributed by atoms with Crippen LogP contribution in [0.25, 0.3) is 0 Å². The van der Waals surface area contributed by atoms with Gasteiger partial charge in [-0.1, -0.05) is 28.1 Å². The van der Waals surface area contributed by atoms with Crippen molar-refractivity contribution in [3.05, 3.63) is 57.3 Å². The van der Waals surface area contributed by atoms with Crippen molar-refractivity contribution in [3.63, 3.8) is 0 Å². The van der Waals surface area contributed by atoms with Crippen LogP contribution >= 0.6 is 15.9 Å². The van der Waals surface area contributed by atoms with Crippen molar-refractivity contribution in [1.82, 2.24) is 4.57 Å². The summed E-state index contributed by atoms with van der Waals surface area (Å²) in [6.07, 6.45) is 3.48. The first-order valence-electron chi connectivity index (χ1n) is 6.84. The number of halogens is 1. The van der Waals surface area contributed by atoms with Gasteiger partial charge in [-0.2, -0.15) is 0 Å². The van der Waals surface area contributed by atoms with Crippen molar-refractivity contribution in [1.29, 1.82) is 0 Å². The molecule has 2 nitrogen and oxygen atoms in total. The fourth-order valence-electron chi connectivity index (χ4n) is 3.04. The molecule has 1 heterocycles. The zero-order chi connectivity index (χ0) is 13.4. The highest BCUT2D eigenvalue weighted by molar-refractivity contribution is 9.10. The Hall–Kier alpha value is -1.06. The predicted octanol–water partition coefficient (Wildman–Crippen LogP) is 3.94. The molecule has 0 amide bonds. The zero-order valence-electron chi connectivity index (χ0n) is 11.2. The molecule has 1 atom stereocenters. The lowest BCUT2D eigenvalue weighted by Gasteiger charge is -2.21. The Morgan fingerprint density at radius 3 is 3.00 bits per heavy atom. The van der Waals surface area contributed by atoms with Crippen LogP contribution in [0.1, 0.15) is 41.4 Å². The molecule has 0 bridgehead atoms. The third kappa shape index (κ3) is 2.49. The molecule has 0 spiro atoms. The molecule has 1 aliphatic carbocycles. The van der Waals surface area contributed by atoms with Gasteiger partial charge >= 0.3 is 0 Å². The highest BCUT2D eigenvalue weighted by Crippen LogP contribution is 2.31. The number of fused-ring (bicyclic) bond motifs is 1. The molecule has 0 saturated heterocycles. The molecular weight excluding hydrogens is 300 g/mol. The van der Waals surface area contributed by atoms with Crippen molar-refractivity contribution >= 4 is 15.9 Å². The number of nitrogens with two attached hydrogens (primary N) is 1. The number of rotatable bonds is 2. The van der Waals surface area contributed by atoms with E-state index in [1.54, 1.807) is 0 Å². The highest BCUT2D eigenvalue weighted by Gasteiger charge is 2.21. The van der Waals surface area contributed by atoms with E-state index in [9.17, 15) is 0 Å². The van der Waals surface area contributed by atoms with E-state index in [-0.39, 0.29) is 6.04 Å². The smallest absolute Gasteiger partial charge is 0.0475 e. The molecule has 2 aromatic rings. The Balaban J connectivity index is 1.97. The minimum atomic E-state index is 0.228. The van der Waals surface area contributed by atoms with Crippen LogP contribution in [0.2, 0.25) is 0 Å². The predicted molar refractivity (Wildman–Crippen MR) is 82.3 cm³/mol. The molecule has 0 aliphatic heterocycles. The van der Waals surface area contributed by atoms with Crippen LogP contribution in [0.4, 0.5) is 0 Å². The van der Waals surface area contributed by atoms with E-state index in [4.69, 9.17) is 5.73 Å². The van der Waals surface area contributed by atoms with Crippen LogP contribution in [0.3, 0.4) is 0 Å². The maximum absolute atomic E-state index is 6.23. The van der Waals surface area contributed by atoms with Gasteiger partial charge in [0.25, 0.3) is 0 Å². The zero-order valence-corrected chi connectivity index (χ0v) is 12.8. The number of benzene rings is 1. The minimum absolute atomic E-state index is 0.228. The molecule has 1 aromatic carbocycles. The molecule has 19 heavy (non-hydrogen) atoms. The maximum atomic E-state index is 6.23. The Morgan fingerprint density at radius 2 is 2.21 bits per heavy atom. The molecular formula is C16H19BrN2. The van der Waals surface area contributed by atoms with Crippen LogP contribution in [-0.4, -0.2) is 4.57 Å². The van der Waals surface area contributed by atoms with Gasteiger partial charge in [-0.25, -0.2) is 0 Å². The summed E-state index contributed by atoms with van der Waals surface area (Å²) < 4.78 is 3.57. The number of hydrogen-bond donors (Lipinski definition) is 1. The van der Waals surface area contributed by atoms with Gasteiger partial charge in [-0.3, -0.25) is 0 Å². The highest BCUT2D eigenvalue weighted by atomic mass is 79.9. The third-order valence-electron chi connectivity index (χ3n) is 4.01. The van der Waals surface area contributed by atoms with Gasteiger partial charge in [-0.05, 0) is 55.5 Å². The van der Waals surface area contributed by atoms with Gasteiger partial charge in [0.2, 0.25) is 0 Å². The summed E-state index contributed by atoms with van der Waals surface area (Å²) in [6.45, 7) is 3.12. The summed E-state index contributed by atoms with van der Waals surface area (Å²) in [6, 6.07) is 11.0. The van der Waals surface area contributed by atoms with Crippen molar-refractivity contribution in [2.75, 3.05) is 0 Å². The van der Waals surface area contributed by atoms with Gasteiger partial charge in [-0.15, -0.1) is 0 Å². The molecule has 2 N–H and O–H groups in total. The summed E-state index contributed by atoms with van der Waals surface area (Å²) in [7, 11) is 0. The normalized spacial score (nSPS) is 18.4. The first kappa shape index (κ1) is 12.9. The Bertz CT molecular complexity index is 601. The molecule has 0 saturated carbocycles. The van der Waals surface area contributed by atoms with Crippen LogP contribution < -0.4 is 5.73 Å². The fourth-order valence-corrected chi connectivity index (χ4v) is 3.48. The molecule has 100 valence electrons. The first-order valence-corrected chi connectivity index (χ1v) is 7.63. The number of aromatic nitrogens is 1. The second kappa shape index (κ2) is 5.14. The second-order valence-electron chi connectivity index (χ2n) is 5.40. The average Bonchev–Trinajstić information content (AvgIpc) is 2.69. The summed E-state index contributed by atoms with van der Waals surface area (Å²) in [4.78, 5) is 0. The van der Waals surface area contributed by atoms with Crippen molar-refractivity contribution in [2.45, 2.75) is 38.8 Å². The molecule has 1 unspecified atom stereocenters. The number of nitrogens with zero attached hydrogens (tertiary/aromatic N) is 1. The Labute approximate surface area is 122 Å². The van der Waals surface area contributed by atoms with Gasteiger partial charge in [0, 0.05) is 28.4 Å². The van der Waals surface area contributed by atoms with Crippen LogP contribution in [0.15, 0.2) is 34.8 Å². The van der Waals surface area contributed by atoms with Gasteiger partial charge in [0.05, 0.1) is 0 Å².